The van der Waals surface area contributed by atoms with Crippen LogP contribution in [0.2, 0.25) is 5.02 Å². The van der Waals surface area contributed by atoms with Crippen LogP contribution in [0.1, 0.15) is 21.5 Å². The third kappa shape index (κ3) is 4.21. The number of rotatable bonds is 4. The fourth-order valence-corrected chi connectivity index (χ4v) is 2.04. The zero-order chi connectivity index (χ0) is 16.2. The molecule has 0 aliphatic carbocycles. The predicted molar refractivity (Wildman–Crippen MR) is 76.7 cm³/mol. The molecule has 1 N–H and O–H groups in total. The summed E-state index contributed by atoms with van der Waals surface area (Å²) in [6.45, 7) is 0.287. The van der Waals surface area contributed by atoms with Gasteiger partial charge in [-0.3, -0.25) is 9.78 Å². The summed E-state index contributed by atoms with van der Waals surface area (Å²) in [5, 5.41) is 2.54. The van der Waals surface area contributed by atoms with Gasteiger partial charge in [0.1, 0.15) is 0 Å². The summed E-state index contributed by atoms with van der Waals surface area (Å²) in [5.74, 6) is -0.634. The van der Waals surface area contributed by atoms with E-state index in [4.69, 9.17) is 11.6 Å². The zero-order valence-electron chi connectivity index (χ0n) is 11.3. The molecular formula is C15H12ClF3N2O. The maximum absolute atomic E-state index is 12.7. The minimum Gasteiger partial charge on any atom is -0.352 e. The smallest absolute Gasteiger partial charge is 0.352 e. The molecule has 0 spiro atoms. The third-order valence-electron chi connectivity index (χ3n) is 2.99. The fraction of sp³-hybridized carbons (Fsp3) is 0.200. The Kier molecular flexibility index (Phi) is 5.03. The van der Waals surface area contributed by atoms with Crippen molar-refractivity contribution in [2.75, 3.05) is 6.54 Å². The van der Waals surface area contributed by atoms with Crippen LogP contribution in [0, 0.1) is 0 Å². The summed E-state index contributed by atoms with van der Waals surface area (Å²) in [7, 11) is 0. The van der Waals surface area contributed by atoms with Crippen molar-refractivity contribution in [3.05, 3.63) is 64.4 Å². The van der Waals surface area contributed by atoms with Crippen LogP contribution in [-0.2, 0) is 12.6 Å². The molecule has 1 aromatic heterocycles. The highest BCUT2D eigenvalue weighted by Gasteiger charge is 2.31. The zero-order valence-corrected chi connectivity index (χ0v) is 12.1. The van der Waals surface area contributed by atoms with E-state index >= 15 is 0 Å². The number of hydrogen-bond donors (Lipinski definition) is 1. The van der Waals surface area contributed by atoms with Crippen LogP contribution in [0.5, 0.6) is 0 Å². The Bertz CT molecular complexity index is 660. The van der Waals surface area contributed by atoms with Crippen molar-refractivity contribution in [1.29, 1.82) is 0 Å². The average Bonchev–Trinajstić information content (AvgIpc) is 2.47. The normalized spacial score (nSPS) is 11.3. The van der Waals surface area contributed by atoms with Gasteiger partial charge in [-0.15, -0.1) is 0 Å². The molecule has 0 saturated heterocycles. The summed E-state index contributed by atoms with van der Waals surface area (Å²) < 4.78 is 38.0. The standard InChI is InChI=1S/C15H12ClF3N2O/c16-13-2-1-11(15(17,18)19)9-12(13)14(22)21-8-5-10-3-6-20-7-4-10/h1-4,6-7,9H,5,8H2,(H,21,22). The number of carbonyl (C=O) groups excluding carboxylic acids is 1. The topological polar surface area (TPSA) is 42.0 Å². The quantitative estimate of drug-likeness (QED) is 0.929. The van der Waals surface area contributed by atoms with Gasteiger partial charge in [-0.1, -0.05) is 11.6 Å². The molecule has 116 valence electrons. The number of pyridine rings is 1. The number of nitrogens with one attached hydrogen (secondary N) is 1. The van der Waals surface area contributed by atoms with E-state index in [9.17, 15) is 18.0 Å². The Labute approximate surface area is 130 Å². The average molecular weight is 329 g/mol. The molecule has 3 nitrogen and oxygen atoms in total. The largest absolute Gasteiger partial charge is 0.416 e. The van der Waals surface area contributed by atoms with Gasteiger partial charge < -0.3 is 5.32 Å². The van der Waals surface area contributed by atoms with Crippen molar-refractivity contribution in [3.63, 3.8) is 0 Å². The Balaban J connectivity index is 2.03. The molecule has 0 aliphatic heterocycles. The van der Waals surface area contributed by atoms with Gasteiger partial charge in [-0.2, -0.15) is 13.2 Å². The first-order valence-corrected chi connectivity index (χ1v) is 6.79. The second-order valence-corrected chi connectivity index (χ2v) is 4.96. The van der Waals surface area contributed by atoms with Crippen LogP contribution in [0.4, 0.5) is 13.2 Å². The molecule has 0 radical (unpaired) electrons. The van der Waals surface area contributed by atoms with Crippen molar-refractivity contribution < 1.29 is 18.0 Å². The van der Waals surface area contributed by atoms with Gasteiger partial charge in [0.05, 0.1) is 16.1 Å². The highest BCUT2D eigenvalue weighted by Crippen LogP contribution is 2.31. The first kappa shape index (κ1) is 16.3. The molecule has 1 aromatic carbocycles. The highest BCUT2D eigenvalue weighted by molar-refractivity contribution is 6.33. The summed E-state index contributed by atoms with van der Waals surface area (Å²) in [5.41, 5.74) is -0.132. The molecule has 0 saturated carbocycles. The minimum absolute atomic E-state index is 0.0191. The molecule has 0 aliphatic rings. The van der Waals surface area contributed by atoms with E-state index in [-0.39, 0.29) is 17.1 Å². The summed E-state index contributed by atoms with van der Waals surface area (Å²) in [6.07, 6.45) is -0.719. The Hall–Kier alpha value is -2.08. The van der Waals surface area contributed by atoms with Crippen molar-refractivity contribution in [1.82, 2.24) is 10.3 Å². The summed E-state index contributed by atoms with van der Waals surface area (Å²) in [6, 6.07) is 6.26. The molecule has 0 fully saturated rings. The second-order valence-electron chi connectivity index (χ2n) is 4.55. The number of nitrogens with zero attached hydrogens (tertiary/aromatic N) is 1. The number of alkyl halides is 3. The van der Waals surface area contributed by atoms with Gasteiger partial charge in [0.25, 0.3) is 5.91 Å². The number of benzene rings is 1. The van der Waals surface area contributed by atoms with Crippen LogP contribution in [0.25, 0.3) is 0 Å². The Morgan fingerprint density at radius 1 is 1.18 bits per heavy atom. The lowest BCUT2D eigenvalue weighted by Crippen LogP contribution is -2.26. The van der Waals surface area contributed by atoms with E-state index in [1.807, 2.05) is 0 Å². The van der Waals surface area contributed by atoms with Gasteiger partial charge in [0.15, 0.2) is 0 Å². The molecule has 2 aromatic rings. The number of hydrogen-bond acceptors (Lipinski definition) is 2. The third-order valence-corrected chi connectivity index (χ3v) is 3.32. The van der Waals surface area contributed by atoms with E-state index in [0.717, 1.165) is 23.8 Å². The van der Waals surface area contributed by atoms with Crippen LogP contribution in [-0.4, -0.2) is 17.4 Å². The SMILES string of the molecule is O=C(NCCc1ccncc1)c1cc(C(F)(F)F)ccc1Cl. The van der Waals surface area contributed by atoms with E-state index in [2.05, 4.69) is 10.3 Å². The summed E-state index contributed by atoms with van der Waals surface area (Å²) in [4.78, 5) is 15.8. The molecule has 2 rings (SSSR count). The first-order chi connectivity index (χ1) is 10.4. The van der Waals surface area contributed by atoms with E-state index in [1.54, 1.807) is 24.5 Å². The van der Waals surface area contributed by atoms with Crippen LogP contribution in [0.15, 0.2) is 42.7 Å². The van der Waals surface area contributed by atoms with Gasteiger partial charge in [-0.05, 0) is 42.3 Å². The number of carbonyl (C=O) groups is 1. The maximum Gasteiger partial charge on any atom is 0.416 e. The van der Waals surface area contributed by atoms with Crippen LogP contribution >= 0.6 is 11.6 Å². The number of amides is 1. The van der Waals surface area contributed by atoms with Crippen LogP contribution in [0.3, 0.4) is 0 Å². The molecular weight excluding hydrogens is 317 g/mol. The molecule has 0 bridgehead atoms. The molecule has 1 amide bonds. The monoisotopic (exact) mass is 328 g/mol. The molecule has 0 atom stereocenters. The van der Waals surface area contributed by atoms with E-state index in [0.29, 0.717) is 6.42 Å². The van der Waals surface area contributed by atoms with E-state index in [1.165, 1.54) is 0 Å². The van der Waals surface area contributed by atoms with Gasteiger partial charge in [0.2, 0.25) is 0 Å². The van der Waals surface area contributed by atoms with Gasteiger partial charge in [-0.25, -0.2) is 0 Å². The van der Waals surface area contributed by atoms with Crippen LogP contribution < -0.4 is 5.32 Å². The molecule has 0 unspecified atom stereocenters. The molecule has 22 heavy (non-hydrogen) atoms. The van der Waals surface area contributed by atoms with E-state index < -0.39 is 17.6 Å². The lowest BCUT2D eigenvalue weighted by molar-refractivity contribution is -0.137. The van der Waals surface area contributed by atoms with Crippen molar-refractivity contribution >= 4 is 17.5 Å². The Morgan fingerprint density at radius 2 is 1.86 bits per heavy atom. The van der Waals surface area contributed by atoms with Gasteiger partial charge >= 0.3 is 6.18 Å². The molecule has 1 heterocycles. The van der Waals surface area contributed by atoms with Crippen molar-refractivity contribution in [2.45, 2.75) is 12.6 Å². The highest BCUT2D eigenvalue weighted by atomic mass is 35.5. The minimum atomic E-state index is -4.52. The lowest BCUT2D eigenvalue weighted by Gasteiger charge is -2.11. The molecule has 7 heteroatoms. The second kappa shape index (κ2) is 6.79. The first-order valence-electron chi connectivity index (χ1n) is 6.42. The number of halogens is 4. The predicted octanol–water partition coefficient (Wildman–Crippen LogP) is 3.73. The fourth-order valence-electron chi connectivity index (χ4n) is 1.84. The maximum atomic E-state index is 12.7. The van der Waals surface area contributed by atoms with Crippen molar-refractivity contribution in [2.24, 2.45) is 0 Å². The van der Waals surface area contributed by atoms with Crippen molar-refractivity contribution in [3.8, 4) is 0 Å². The lowest BCUT2D eigenvalue weighted by atomic mass is 10.1. The van der Waals surface area contributed by atoms with Gasteiger partial charge in [0, 0.05) is 18.9 Å². The summed E-state index contributed by atoms with van der Waals surface area (Å²) >= 11 is 5.80. The Morgan fingerprint density at radius 3 is 2.50 bits per heavy atom. The number of aromatic nitrogens is 1.